The number of amides is 2. The molecule has 2 saturated heterocycles. The molecule has 0 radical (unpaired) electrons. The highest BCUT2D eigenvalue weighted by atomic mass is 32.2. The predicted octanol–water partition coefficient (Wildman–Crippen LogP) is 4.19. The number of carbonyl (C=O) groups is 2. The van der Waals surface area contributed by atoms with E-state index in [1.165, 1.54) is 39.9 Å². The van der Waals surface area contributed by atoms with Crippen LogP contribution in [0.2, 0.25) is 0 Å². The molecule has 1 aromatic carbocycles. The van der Waals surface area contributed by atoms with E-state index < -0.39 is 10.0 Å². The lowest BCUT2D eigenvalue weighted by atomic mass is 9.81. The van der Waals surface area contributed by atoms with Gasteiger partial charge in [-0.2, -0.15) is 4.31 Å². The number of nitrogens with one attached hydrogen (secondary N) is 2. The second kappa shape index (κ2) is 10.5. The van der Waals surface area contributed by atoms with Crippen LogP contribution in [0.3, 0.4) is 0 Å². The van der Waals surface area contributed by atoms with Gasteiger partial charge in [0.15, 0.2) is 0 Å². The van der Waals surface area contributed by atoms with Gasteiger partial charge in [0, 0.05) is 47.7 Å². The number of rotatable bonds is 5. The third-order valence-electron chi connectivity index (χ3n) is 7.82. The lowest BCUT2D eigenvalue weighted by Gasteiger charge is -2.42. The average Bonchev–Trinajstić information content (AvgIpc) is 3.51. The average molecular weight is 589 g/mol. The maximum absolute atomic E-state index is 13.8. The summed E-state index contributed by atoms with van der Waals surface area (Å²) in [5, 5.41) is 7.24. The van der Waals surface area contributed by atoms with Crippen molar-refractivity contribution in [1.82, 2.24) is 14.5 Å². The molecule has 1 aromatic heterocycles. The van der Waals surface area contributed by atoms with Crippen molar-refractivity contribution in [2.75, 3.05) is 31.5 Å². The molecule has 2 amide bonds. The van der Waals surface area contributed by atoms with Crippen LogP contribution in [0, 0.1) is 0 Å². The fraction of sp³-hybridized carbons (Fsp3) is 0.586. The second-order valence-electron chi connectivity index (χ2n) is 12.5. The highest BCUT2D eigenvalue weighted by Crippen LogP contribution is 2.45. The molecule has 0 saturated carbocycles. The van der Waals surface area contributed by atoms with Gasteiger partial charge in [0.05, 0.1) is 22.7 Å². The van der Waals surface area contributed by atoms with E-state index in [-0.39, 0.29) is 53.1 Å². The van der Waals surface area contributed by atoms with Crippen LogP contribution < -0.4 is 10.6 Å². The molecular formula is C29H40N4O5S2. The zero-order valence-corrected chi connectivity index (χ0v) is 25.8. The number of likely N-dealkylation sites (tertiary alicyclic amines) is 1. The van der Waals surface area contributed by atoms with Crippen molar-refractivity contribution >= 4 is 38.2 Å². The van der Waals surface area contributed by atoms with E-state index in [2.05, 4.69) is 38.3 Å². The zero-order chi connectivity index (χ0) is 29.0. The van der Waals surface area contributed by atoms with Gasteiger partial charge in [-0.15, -0.1) is 11.3 Å². The van der Waals surface area contributed by atoms with Crippen LogP contribution in [0.4, 0.5) is 5.00 Å². The molecule has 2 aromatic rings. The van der Waals surface area contributed by atoms with Crippen molar-refractivity contribution in [3.05, 3.63) is 45.8 Å². The van der Waals surface area contributed by atoms with Gasteiger partial charge in [-0.1, -0.05) is 0 Å². The first-order valence-corrected chi connectivity index (χ1v) is 16.3. The van der Waals surface area contributed by atoms with Crippen LogP contribution in [0.1, 0.15) is 85.5 Å². The third kappa shape index (κ3) is 5.59. The number of anilines is 1. The monoisotopic (exact) mass is 588 g/mol. The van der Waals surface area contributed by atoms with Gasteiger partial charge >= 0.3 is 0 Å². The number of sulfonamides is 1. The van der Waals surface area contributed by atoms with Gasteiger partial charge in [0.25, 0.3) is 11.8 Å². The van der Waals surface area contributed by atoms with E-state index in [4.69, 9.17) is 4.74 Å². The minimum absolute atomic E-state index is 0.0331. The molecule has 40 heavy (non-hydrogen) atoms. The van der Waals surface area contributed by atoms with Gasteiger partial charge in [0.1, 0.15) is 5.00 Å². The first-order chi connectivity index (χ1) is 18.7. The quantitative estimate of drug-likeness (QED) is 0.542. The van der Waals surface area contributed by atoms with Crippen LogP contribution in [-0.4, -0.2) is 73.4 Å². The molecule has 4 heterocycles. The Balaban J connectivity index is 1.43. The van der Waals surface area contributed by atoms with Crippen LogP contribution in [0.5, 0.6) is 0 Å². The van der Waals surface area contributed by atoms with E-state index in [1.807, 2.05) is 18.7 Å². The SMILES string of the molecule is CC1CN(S(=O)(=O)c2ccc(C(=O)Nc3sc4c(c3C(=O)N3CCCC3)CC(C)(C)NC4(C)C)cc2)CC(C)O1. The number of nitrogens with zero attached hydrogens (tertiary/aromatic N) is 2. The Labute approximate surface area is 241 Å². The molecule has 2 N–H and O–H groups in total. The number of hydrogen-bond donors (Lipinski definition) is 2. The van der Waals surface area contributed by atoms with Crippen LogP contribution >= 0.6 is 11.3 Å². The first-order valence-electron chi connectivity index (χ1n) is 14.0. The number of benzene rings is 1. The Hall–Kier alpha value is -2.31. The summed E-state index contributed by atoms with van der Waals surface area (Å²) in [6.07, 6.45) is 2.26. The summed E-state index contributed by atoms with van der Waals surface area (Å²) >= 11 is 1.45. The molecule has 2 unspecified atom stereocenters. The molecule has 11 heteroatoms. The molecule has 0 aliphatic carbocycles. The predicted molar refractivity (Wildman–Crippen MR) is 157 cm³/mol. The summed E-state index contributed by atoms with van der Waals surface area (Å²) in [5.74, 6) is -0.411. The van der Waals surface area contributed by atoms with Crippen molar-refractivity contribution in [3.8, 4) is 0 Å². The molecule has 3 aliphatic rings. The van der Waals surface area contributed by atoms with E-state index in [1.54, 1.807) is 0 Å². The molecule has 218 valence electrons. The minimum atomic E-state index is -3.72. The van der Waals surface area contributed by atoms with Crippen molar-refractivity contribution in [1.29, 1.82) is 0 Å². The van der Waals surface area contributed by atoms with Gasteiger partial charge < -0.3 is 20.3 Å². The zero-order valence-electron chi connectivity index (χ0n) is 24.2. The van der Waals surface area contributed by atoms with E-state index in [9.17, 15) is 18.0 Å². The standard InChI is InChI=1S/C29H40N4O5S2/c1-18-16-33(17-19(2)38-18)40(36,37)21-11-9-20(10-12-21)25(34)30-26-23(27(35)32-13-7-8-14-32)22-15-28(3,4)31-29(5,6)24(22)39-26/h9-12,18-19,31H,7-8,13-17H2,1-6H3,(H,30,34). The van der Waals surface area contributed by atoms with Crippen LogP contribution in [0.25, 0.3) is 0 Å². The normalized spacial score (nSPS) is 24.5. The Morgan fingerprint density at radius 1 is 1.02 bits per heavy atom. The summed E-state index contributed by atoms with van der Waals surface area (Å²) < 4.78 is 33.6. The van der Waals surface area contributed by atoms with Crippen LogP contribution in [0.15, 0.2) is 29.2 Å². The minimum Gasteiger partial charge on any atom is -0.373 e. The number of carbonyl (C=O) groups excluding carboxylic acids is 2. The van der Waals surface area contributed by atoms with E-state index >= 15 is 0 Å². The fourth-order valence-electron chi connectivity index (χ4n) is 6.35. The molecular weight excluding hydrogens is 548 g/mol. The molecule has 0 spiro atoms. The highest BCUT2D eigenvalue weighted by molar-refractivity contribution is 7.89. The summed E-state index contributed by atoms with van der Waals surface area (Å²) in [4.78, 5) is 30.3. The number of hydrogen-bond acceptors (Lipinski definition) is 7. The molecule has 9 nitrogen and oxygen atoms in total. The van der Waals surface area contributed by atoms with Gasteiger partial charge in [-0.25, -0.2) is 8.42 Å². The summed E-state index contributed by atoms with van der Waals surface area (Å²) in [6, 6.07) is 6.00. The number of fused-ring (bicyclic) bond motifs is 1. The third-order valence-corrected chi connectivity index (χ3v) is 11.1. The molecule has 3 aliphatic heterocycles. The van der Waals surface area contributed by atoms with E-state index in [0.29, 0.717) is 22.5 Å². The molecule has 2 atom stereocenters. The summed E-state index contributed by atoms with van der Waals surface area (Å²) in [5.41, 5.74) is 1.34. The van der Waals surface area contributed by atoms with Crippen molar-refractivity contribution in [2.45, 2.75) is 89.0 Å². The lowest BCUT2D eigenvalue weighted by molar-refractivity contribution is -0.0440. The van der Waals surface area contributed by atoms with Crippen molar-refractivity contribution in [3.63, 3.8) is 0 Å². The maximum Gasteiger partial charge on any atom is 0.257 e. The Kier molecular flexibility index (Phi) is 7.67. The van der Waals surface area contributed by atoms with Crippen LogP contribution in [-0.2, 0) is 26.7 Å². The lowest BCUT2D eigenvalue weighted by Crippen LogP contribution is -2.55. The smallest absolute Gasteiger partial charge is 0.257 e. The van der Waals surface area contributed by atoms with Crippen molar-refractivity contribution < 1.29 is 22.7 Å². The Bertz CT molecular complexity index is 1400. The Morgan fingerprint density at radius 3 is 2.23 bits per heavy atom. The second-order valence-corrected chi connectivity index (χ2v) is 15.4. The first kappa shape index (κ1) is 29.2. The highest BCUT2D eigenvalue weighted by Gasteiger charge is 2.42. The van der Waals surface area contributed by atoms with Gasteiger partial charge in [-0.3, -0.25) is 9.59 Å². The van der Waals surface area contributed by atoms with Gasteiger partial charge in [-0.05, 0) is 90.6 Å². The topological polar surface area (TPSA) is 108 Å². The number of ether oxygens (including phenoxy) is 1. The van der Waals surface area contributed by atoms with E-state index in [0.717, 1.165) is 36.4 Å². The summed E-state index contributed by atoms with van der Waals surface area (Å²) in [7, 11) is -3.72. The van der Waals surface area contributed by atoms with Crippen molar-refractivity contribution in [2.24, 2.45) is 0 Å². The number of morpholine rings is 1. The number of thiophene rings is 1. The molecule has 0 bridgehead atoms. The summed E-state index contributed by atoms with van der Waals surface area (Å²) in [6.45, 7) is 14.2. The molecule has 5 rings (SSSR count). The van der Waals surface area contributed by atoms with Gasteiger partial charge in [0.2, 0.25) is 10.0 Å². The fourth-order valence-corrected chi connectivity index (χ4v) is 9.20. The maximum atomic E-state index is 13.8. The largest absolute Gasteiger partial charge is 0.373 e. The molecule has 2 fully saturated rings. The Morgan fingerprint density at radius 2 is 1.62 bits per heavy atom.